The number of allylic oxidation sites excluding steroid dienone is 5. The average molecular weight is 779 g/mol. The molecule has 9 aromatic rings. The number of aromatic nitrogens is 4. The standard InChI is InChI=1S/C57H38N4/c1-2-7-17-40(16-6-1)43-25-27-44(28-26-43)50-34-48(41-18-8-3-9-19-41)36-52(38-50)56-59-55(47-22-12-5-13-23-47)60-57(61-56)53-37-49(42-20-10-4-11-21-42)35-51(39-53)45-29-31-46(32-30-45)54-24-14-15-33-58-54/h1-6,8-39H. The molecular weight excluding hydrogens is 741 g/mol. The van der Waals surface area contributed by atoms with Gasteiger partial charge in [-0.05, 0) is 116 Å². The van der Waals surface area contributed by atoms with E-state index >= 15 is 0 Å². The van der Waals surface area contributed by atoms with Crippen LogP contribution < -0.4 is 0 Å². The highest BCUT2D eigenvalue weighted by molar-refractivity contribution is 5.84. The summed E-state index contributed by atoms with van der Waals surface area (Å²) in [5.74, 6) is 1.80. The molecule has 2 heterocycles. The Balaban J connectivity index is 1.13. The molecule has 0 atom stereocenters. The van der Waals surface area contributed by atoms with E-state index in [0.717, 1.165) is 83.6 Å². The second-order valence-electron chi connectivity index (χ2n) is 14.9. The Morgan fingerprint density at radius 1 is 0.311 bits per heavy atom. The average Bonchev–Trinajstić information content (AvgIpc) is 3.65. The fraction of sp³-hybridized carbons (Fsp3) is 0. The third-order valence-electron chi connectivity index (χ3n) is 10.8. The summed E-state index contributed by atoms with van der Waals surface area (Å²) in [6.45, 7) is 0. The molecule has 7 aromatic carbocycles. The van der Waals surface area contributed by atoms with Crippen LogP contribution in [0.1, 0.15) is 5.56 Å². The van der Waals surface area contributed by atoms with Crippen molar-refractivity contribution in [2.75, 3.05) is 0 Å². The topological polar surface area (TPSA) is 51.6 Å². The van der Waals surface area contributed by atoms with Crippen LogP contribution in [-0.4, -0.2) is 19.9 Å². The third kappa shape index (κ3) is 8.21. The number of hydrogen-bond acceptors (Lipinski definition) is 4. The normalized spacial score (nSPS) is 11.9. The summed E-state index contributed by atoms with van der Waals surface area (Å²) in [5.41, 5.74) is 18.9. The summed E-state index contributed by atoms with van der Waals surface area (Å²) in [7, 11) is 0. The zero-order valence-corrected chi connectivity index (χ0v) is 33.2. The lowest BCUT2D eigenvalue weighted by atomic mass is 9.94. The zero-order valence-electron chi connectivity index (χ0n) is 33.2. The van der Waals surface area contributed by atoms with Gasteiger partial charge < -0.3 is 0 Å². The van der Waals surface area contributed by atoms with Crippen molar-refractivity contribution < 1.29 is 0 Å². The van der Waals surface area contributed by atoms with Gasteiger partial charge in [0.15, 0.2) is 17.5 Å². The van der Waals surface area contributed by atoms with Crippen LogP contribution in [0.25, 0.3) is 95.5 Å². The van der Waals surface area contributed by atoms with Gasteiger partial charge in [0.1, 0.15) is 0 Å². The van der Waals surface area contributed by atoms with Crippen LogP contribution >= 0.6 is 0 Å². The van der Waals surface area contributed by atoms with E-state index < -0.39 is 0 Å². The van der Waals surface area contributed by atoms with Crippen LogP contribution in [0.5, 0.6) is 0 Å². The maximum absolute atomic E-state index is 5.32. The minimum atomic E-state index is 0.594. The SMILES string of the molecule is C1=CC=CC=C(c2ccc(-c3cc(-c4ccccc4)cc(-c4nc(-c5ccccc5)nc(-c5cc(-c6ccccc6)cc(-c6ccc(-c7ccccn7)cc6)c5)n4)c3)cc2)C=1. The molecule has 0 fully saturated rings. The number of hydrogen-bond donors (Lipinski definition) is 0. The molecule has 61 heavy (non-hydrogen) atoms. The number of nitrogens with zero attached hydrogens (tertiary/aromatic N) is 4. The summed E-state index contributed by atoms with van der Waals surface area (Å²) >= 11 is 0. The van der Waals surface area contributed by atoms with E-state index in [1.807, 2.05) is 79.0 Å². The van der Waals surface area contributed by atoms with E-state index in [1.165, 1.54) is 0 Å². The molecule has 4 nitrogen and oxygen atoms in total. The van der Waals surface area contributed by atoms with Crippen molar-refractivity contribution in [3.63, 3.8) is 0 Å². The Bertz CT molecular complexity index is 3110. The zero-order chi connectivity index (χ0) is 40.8. The maximum atomic E-state index is 5.32. The molecule has 0 amide bonds. The van der Waals surface area contributed by atoms with Gasteiger partial charge in [-0.15, -0.1) is 5.73 Å². The first-order valence-corrected chi connectivity index (χ1v) is 20.4. The Morgan fingerprint density at radius 3 is 1.21 bits per heavy atom. The lowest BCUT2D eigenvalue weighted by Gasteiger charge is -2.14. The summed E-state index contributed by atoms with van der Waals surface area (Å²) in [6.07, 6.45) is 11.9. The van der Waals surface area contributed by atoms with E-state index in [9.17, 15) is 0 Å². The fourth-order valence-corrected chi connectivity index (χ4v) is 7.65. The Hall–Kier alpha value is -8.30. The van der Waals surface area contributed by atoms with Crippen LogP contribution in [0.4, 0.5) is 0 Å². The van der Waals surface area contributed by atoms with Gasteiger partial charge in [0.2, 0.25) is 0 Å². The lowest BCUT2D eigenvalue weighted by Crippen LogP contribution is -2.01. The molecule has 0 N–H and O–H groups in total. The molecule has 1 aliphatic carbocycles. The second kappa shape index (κ2) is 16.9. The van der Waals surface area contributed by atoms with Crippen LogP contribution in [-0.2, 0) is 0 Å². The van der Waals surface area contributed by atoms with Crippen LogP contribution in [0.15, 0.2) is 236 Å². The molecule has 1 aliphatic rings. The molecule has 0 spiro atoms. The quantitative estimate of drug-likeness (QED) is 0.137. The highest BCUT2D eigenvalue weighted by atomic mass is 15.0. The second-order valence-corrected chi connectivity index (χ2v) is 14.9. The van der Waals surface area contributed by atoms with Gasteiger partial charge >= 0.3 is 0 Å². The Kier molecular flexibility index (Phi) is 10.2. The van der Waals surface area contributed by atoms with Gasteiger partial charge in [-0.25, -0.2) is 15.0 Å². The van der Waals surface area contributed by atoms with E-state index in [2.05, 4.69) is 162 Å². The van der Waals surface area contributed by atoms with Crippen molar-refractivity contribution in [2.24, 2.45) is 0 Å². The fourth-order valence-electron chi connectivity index (χ4n) is 7.65. The first-order valence-electron chi connectivity index (χ1n) is 20.4. The third-order valence-corrected chi connectivity index (χ3v) is 10.8. The molecule has 0 bridgehead atoms. The summed E-state index contributed by atoms with van der Waals surface area (Å²) in [4.78, 5) is 20.3. The van der Waals surface area contributed by atoms with Crippen LogP contribution in [0, 0.1) is 0 Å². The Labute approximate surface area is 356 Å². The Morgan fingerprint density at radius 2 is 0.721 bits per heavy atom. The molecule has 0 radical (unpaired) electrons. The molecule has 0 aliphatic heterocycles. The number of pyridine rings is 1. The molecular formula is C57H38N4. The summed E-state index contributed by atoms with van der Waals surface area (Å²) < 4.78 is 0. The van der Waals surface area contributed by atoms with Crippen LogP contribution in [0.3, 0.4) is 0 Å². The van der Waals surface area contributed by atoms with Crippen molar-refractivity contribution in [2.45, 2.75) is 0 Å². The van der Waals surface area contributed by atoms with Crippen molar-refractivity contribution >= 4 is 5.57 Å². The van der Waals surface area contributed by atoms with Crippen molar-refractivity contribution in [3.05, 3.63) is 242 Å². The maximum Gasteiger partial charge on any atom is 0.164 e. The highest BCUT2D eigenvalue weighted by Crippen LogP contribution is 2.37. The largest absolute Gasteiger partial charge is 0.256 e. The molecule has 10 rings (SSSR count). The molecule has 286 valence electrons. The first kappa shape index (κ1) is 37.0. The summed E-state index contributed by atoms with van der Waals surface area (Å²) in [6, 6.07) is 67.6. The molecule has 0 saturated carbocycles. The lowest BCUT2D eigenvalue weighted by molar-refractivity contribution is 1.07. The van der Waals surface area contributed by atoms with Crippen LogP contribution in [0.2, 0.25) is 0 Å². The van der Waals surface area contributed by atoms with Gasteiger partial charge in [0.05, 0.1) is 5.69 Å². The summed E-state index contributed by atoms with van der Waals surface area (Å²) in [5, 5.41) is 0. The minimum absolute atomic E-state index is 0.594. The molecule has 4 heteroatoms. The van der Waals surface area contributed by atoms with Gasteiger partial charge in [-0.3, -0.25) is 4.98 Å². The van der Waals surface area contributed by atoms with E-state index in [-0.39, 0.29) is 0 Å². The van der Waals surface area contributed by atoms with Gasteiger partial charge in [0, 0.05) is 28.5 Å². The molecule has 0 saturated heterocycles. The highest BCUT2D eigenvalue weighted by Gasteiger charge is 2.17. The predicted octanol–water partition coefficient (Wildman–Crippen LogP) is 14.3. The molecule has 0 unspecified atom stereocenters. The van der Waals surface area contributed by atoms with Crippen molar-refractivity contribution in [1.29, 1.82) is 0 Å². The smallest absolute Gasteiger partial charge is 0.164 e. The van der Waals surface area contributed by atoms with Gasteiger partial charge in [-0.2, -0.15) is 0 Å². The monoisotopic (exact) mass is 778 g/mol. The van der Waals surface area contributed by atoms with Gasteiger partial charge in [0.25, 0.3) is 0 Å². The predicted molar refractivity (Wildman–Crippen MR) is 251 cm³/mol. The molecule has 2 aromatic heterocycles. The first-order chi connectivity index (χ1) is 30.2. The van der Waals surface area contributed by atoms with E-state index in [1.54, 1.807) is 0 Å². The van der Waals surface area contributed by atoms with Crippen molar-refractivity contribution in [1.82, 2.24) is 19.9 Å². The van der Waals surface area contributed by atoms with Crippen molar-refractivity contribution in [3.8, 4) is 89.9 Å². The van der Waals surface area contributed by atoms with E-state index in [4.69, 9.17) is 15.0 Å². The van der Waals surface area contributed by atoms with E-state index in [0.29, 0.717) is 17.5 Å². The van der Waals surface area contributed by atoms with Gasteiger partial charge in [-0.1, -0.05) is 164 Å². The number of benzene rings is 7. The minimum Gasteiger partial charge on any atom is -0.256 e. The number of rotatable bonds is 9.